The predicted molar refractivity (Wildman–Crippen MR) is 68.6 cm³/mol. The Bertz CT molecular complexity index is 225. The number of amides is 1. The Kier molecular flexibility index (Phi) is 6.52. The molecule has 0 aromatic heterocycles. The molecule has 1 saturated carbocycles. The van der Waals surface area contributed by atoms with Gasteiger partial charge in [0.1, 0.15) is 0 Å². The van der Waals surface area contributed by atoms with Gasteiger partial charge in [0.25, 0.3) is 0 Å². The van der Waals surface area contributed by atoms with Crippen LogP contribution in [0.1, 0.15) is 46.0 Å². The van der Waals surface area contributed by atoms with E-state index in [-0.39, 0.29) is 11.9 Å². The van der Waals surface area contributed by atoms with E-state index in [1.54, 1.807) is 0 Å². The van der Waals surface area contributed by atoms with Crippen LogP contribution in [0.25, 0.3) is 0 Å². The molecular formula is C13H26N2O2. The summed E-state index contributed by atoms with van der Waals surface area (Å²) in [6, 6.07) is -0.388. The van der Waals surface area contributed by atoms with E-state index in [0.29, 0.717) is 25.2 Å². The zero-order valence-electron chi connectivity index (χ0n) is 11.1. The molecule has 1 amide bonds. The van der Waals surface area contributed by atoms with Crippen molar-refractivity contribution in [3.05, 3.63) is 0 Å². The molecule has 0 aromatic rings. The molecule has 0 spiro atoms. The van der Waals surface area contributed by atoms with Crippen LogP contribution in [0.3, 0.4) is 0 Å². The van der Waals surface area contributed by atoms with Gasteiger partial charge in [-0.3, -0.25) is 4.79 Å². The Morgan fingerprint density at radius 1 is 1.41 bits per heavy atom. The lowest BCUT2D eigenvalue weighted by Crippen LogP contribution is -2.42. The van der Waals surface area contributed by atoms with Crippen LogP contribution < -0.4 is 11.1 Å². The van der Waals surface area contributed by atoms with Crippen LogP contribution in [0.4, 0.5) is 0 Å². The predicted octanol–water partition coefficient (Wildman–Crippen LogP) is 1.44. The smallest absolute Gasteiger partial charge is 0.237 e. The van der Waals surface area contributed by atoms with Gasteiger partial charge < -0.3 is 15.8 Å². The molecule has 0 radical (unpaired) electrons. The van der Waals surface area contributed by atoms with Crippen LogP contribution in [0, 0.1) is 5.92 Å². The van der Waals surface area contributed by atoms with E-state index in [2.05, 4.69) is 19.2 Å². The van der Waals surface area contributed by atoms with E-state index in [9.17, 15) is 4.79 Å². The monoisotopic (exact) mass is 242 g/mol. The van der Waals surface area contributed by atoms with E-state index >= 15 is 0 Å². The first kappa shape index (κ1) is 14.5. The van der Waals surface area contributed by atoms with Gasteiger partial charge in [-0.05, 0) is 25.2 Å². The second-order valence-corrected chi connectivity index (χ2v) is 5.30. The summed E-state index contributed by atoms with van der Waals surface area (Å²) in [5.41, 5.74) is 5.77. The number of nitrogens with two attached hydrogens (primary N) is 1. The third-order valence-electron chi connectivity index (χ3n) is 3.12. The first-order valence-electron chi connectivity index (χ1n) is 6.74. The standard InChI is InChI=1S/C13H26N2O2/c1-10(2)9-12(14)13(16)15-7-8-17-11-5-3-4-6-11/h10-12H,3-9,14H2,1-2H3,(H,15,16). The van der Waals surface area contributed by atoms with Crippen molar-refractivity contribution in [1.29, 1.82) is 0 Å². The van der Waals surface area contributed by atoms with Crippen LogP contribution in [-0.2, 0) is 9.53 Å². The minimum absolute atomic E-state index is 0.0614. The minimum Gasteiger partial charge on any atom is -0.376 e. The van der Waals surface area contributed by atoms with Gasteiger partial charge in [0.2, 0.25) is 5.91 Å². The van der Waals surface area contributed by atoms with Gasteiger partial charge in [-0.1, -0.05) is 26.7 Å². The van der Waals surface area contributed by atoms with Gasteiger partial charge in [0.15, 0.2) is 0 Å². The number of hydrogen-bond donors (Lipinski definition) is 2. The second-order valence-electron chi connectivity index (χ2n) is 5.30. The first-order valence-corrected chi connectivity index (χ1v) is 6.74. The number of carbonyl (C=O) groups is 1. The fourth-order valence-corrected chi connectivity index (χ4v) is 2.20. The summed E-state index contributed by atoms with van der Waals surface area (Å²) in [6.45, 7) is 5.30. The molecule has 100 valence electrons. The number of ether oxygens (including phenoxy) is 1. The van der Waals surface area contributed by atoms with E-state index in [4.69, 9.17) is 10.5 Å². The van der Waals surface area contributed by atoms with Crippen molar-refractivity contribution in [2.75, 3.05) is 13.2 Å². The van der Waals surface area contributed by atoms with Crippen LogP contribution in [0.15, 0.2) is 0 Å². The lowest BCUT2D eigenvalue weighted by Gasteiger charge is -2.15. The summed E-state index contributed by atoms with van der Waals surface area (Å²) < 4.78 is 5.66. The maximum atomic E-state index is 11.6. The summed E-state index contributed by atoms with van der Waals surface area (Å²) in [5, 5.41) is 2.82. The summed E-state index contributed by atoms with van der Waals surface area (Å²) in [7, 11) is 0. The fraction of sp³-hybridized carbons (Fsp3) is 0.923. The molecule has 0 saturated heterocycles. The first-order chi connectivity index (χ1) is 8.09. The average molecular weight is 242 g/mol. The number of hydrogen-bond acceptors (Lipinski definition) is 3. The lowest BCUT2D eigenvalue weighted by atomic mass is 10.0. The molecule has 4 nitrogen and oxygen atoms in total. The average Bonchev–Trinajstić information content (AvgIpc) is 2.75. The molecule has 0 bridgehead atoms. The summed E-state index contributed by atoms with van der Waals surface area (Å²) in [6.07, 6.45) is 6.03. The molecule has 17 heavy (non-hydrogen) atoms. The Balaban J connectivity index is 2.02. The van der Waals surface area contributed by atoms with Crippen molar-refractivity contribution in [3.63, 3.8) is 0 Å². The quantitative estimate of drug-likeness (QED) is 0.664. The molecule has 0 heterocycles. The highest BCUT2D eigenvalue weighted by Gasteiger charge is 2.16. The molecular weight excluding hydrogens is 216 g/mol. The highest BCUT2D eigenvalue weighted by atomic mass is 16.5. The molecule has 0 aliphatic heterocycles. The van der Waals surface area contributed by atoms with Crippen molar-refractivity contribution in [3.8, 4) is 0 Å². The minimum atomic E-state index is -0.388. The van der Waals surface area contributed by atoms with Crippen molar-refractivity contribution in [2.45, 2.75) is 58.1 Å². The molecule has 1 unspecified atom stereocenters. The van der Waals surface area contributed by atoms with Gasteiger partial charge >= 0.3 is 0 Å². The molecule has 1 aliphatic rings. The zero-order valence-corrected chi connectivity index (χ0v) is 11.1. The van der Waals surface area contributed by atoms with E-state index in [1.165, 1.54) is 25.7 Å². The highest BCUT2D eigenvalue weighted by Crippen LogP contribution is 2.20. The van der Waals surface area contributed by atoms with Crippen LogP contribution in [0.5, 0.6) is 0 Å². The van der Waals surface area contributed by atoms with Crippen LogP contribution in [0.2, 0.25) is 0 Å². The highest BCUT2D eigenvalue weighted by molar-refractivity contribution is 5.81. The maximum Gasteiger partial charge on any atom is 0.237 e. The van der Waals surface area contributed by atoms with Crippen molar-refractivity contribution < 1.29 is 9.53 Å². The Labute approximate surface area is 104 Å². The number of carbonyl (C=O) groups excluding carboxylic acids is 1. The SMILES string of the molecule is CC(C)CC(N)C(=O)NCCOC1CCCC1. The lowest BCUT2D eigenvalue weighted by molar-refractivity contribution is -0.123. The van der Waals surface area contributed by atoms with Crippen LogP contribution in [-0.4, -0.2) is 31.2 Å². The van der Waals surface area contributed by atoms with Gasteiger partial charge in [0.05, 0.1) is 18.8 Å². The molecule has 4 heteroatoms. The number of nitrogens with one attached hydrogen (secondary N) is 1. The second kappa shape index (κ2) is 7.67. The maximum absolute atomic E-state index is 11.6. The molecule has 0 aromatic carbocycles. The zero-order chi connectivity index (χ0) is 12.7. The van der Waals surface area contributed by atoms with Crippen molar-refractivity contribution in [2.24, 2.45) is 11.7 Å². The fourth-order valence-electron chi connectivity index (χ4n) is 2.20. The molecule has 1 aliphatic carbocycles. The summed E-state index contributed by atoms with van der Waals surface area (Å²) in [5.74, 6) is 0.388. The largest absolute Gasteiger partial charge is 0.376 e. The summed E-state index contributed by atoms with van der Waals surface area (Å²) >= 11 is 0. The topological polar surface area (TPSA) is 64.4 Å². The van der Waals surface area contributed by atoms with E-state index < -0.39 is 0 Å². The molecule has 3 N–H and O–H groups in total. The normalized spacial score (nSPS) is 18.6. The van der Waals surface area contributed by atoms with E-state index in [1.807, 2.05) is 0 Å². The van der Waals surface area contributed by atoms with Gasteiger partial charge in [-0.2, -0.15) is 0 Å². The number of rotatable bonds is 7. The third kappa shape index (κ3) is 6.03. The van der Waals surface area contributed by atoms with Gasteiger partial charge in [0, 0.05) is 6.54 Å². The summed E-state index contributed by atoms with van der Waals surface area (Å²) in [4.78, 5) is 11.6. The third-order valence-corrected chi connectivity index (χ3v) is 3.12. The molecule has 1 atom stereocenters. The Hall–Kier alpha value is -0.610. The van der Waals surface area contributed by atoms with Gasteiger partial charge in [-0.25, -0.2) is 0 Å². The molecule has 1 fully saturated rings. The van der Waals surface area contributed by atoms with E-state index in [0.717, 1.165) is 6.42 Å². The van der Waals surface area contributed by atoms with Crippen molar-refractivity contribution >= 4 is 5.91 Å². The van der Waals surface area contributed by atoms with Gasteiger partial charge in [-0.15, -0.1) is 0 Å². The Morgan fingerprint density at radius 3 is 2.65 bits per heavy atom. The van der Waals surface area contributed by atoms with Crippen molar-refractivity contribution in [1.82, 2.24) is 5.32 Å². The Morgan fingerprint density at radius 2 is 2.06 bits per heavy atom. The molecule has 1 rings (SSSR count). The van der Waals surface area contributed by atoms with Crippen LogP contribution >= 0.6 is 0 Å².